The minimum absolute atomic E-state index is 0.149. The maximum atomic E-state index is 11.8. The number of hydrogen-bond acceptors (Lipinski definition) is 3. The highest BCUT2D eigenvalue weighted by Gasteiger charge is 2.03. The second-order valence-corrected chi connectivity index (χ2v) is 4.39. The van der Waals surface area contributed by atoms with Gasteiger partial charge in [0.05, 0.1) is 6.54 Å². The summed E-state index contributed by atoms with van der Waals surface area (Å²) < 4.78 is 2.35. The molecule has 2 rings (SSSR count). The number of aromatic nitrogens is 2. The van der Waals surface area contributed by atoms with E-state index >= 15 is 0 Å². The van der Waals surface area contributed by atoms with Gasteiger partial charge in [-0.1, -0.05) is 0 Å². The summed E-state index contributed by atoms with van der Waals surface area (Å²) in [5.74, 6) is 0. The van der Waals surface area contributed by atoms with Crippen LogP contribution in [0.25, 0.3) is 0 Å². The summed E-state index contributed by atoms with van der Waals surface area (Å²) in [6.45, 7) is 0.404. The zero-order valence-corrected chi connectivity index (χ0v) is 10.4. The van der Waals surface area contributed by atoms with E-state index in [9.17, 15) is 4.79 Å². The van der Waals surface area contributed by atoms with Crippen LogP contribution in [0.15, 0.2) is 46.1 Å². The minimum Gasteiger partial charge on any atom is -0.310 e. The van der Waals surface area contributed by atoms with E-state index in [-0.39, 0.29) is 11.1 Å². The van der Waals surface area contributed by atoms with E-state index in [4.69, 9.17) is 5.26 Å². The van der Waals surface area contributed by atoms with Crippen LogP contribution < -0.4 is 5.56 Å². The van der Waals surface area contributed by atoms with E-state index in [0.29, 0.717) is 6.54 Å². The summed E-state index contributed by atoms with van der Waals surface area (Å²) in [6, 6.07) is 6.96. The predicted octanol–water partition coefficient (Wildman–Crippen LogP) is 1.93. The van der Waals surface area contributed by atoms with Gasteiger partial charge < -0.3 is 4.57 Å². The SMILES string of the molecule is N#Cc1cccn(Cc2cncc(Br)c2)c1=O. The molecule has 0 spiro atoms. The number of pyridine rings is 2. The quantitative estimate of drug-likeness (QED) is 0.849. The van der Waals surface area contributed by atoms with Gasteiger partial charge in [0, 0.05) is 23.1 Å². The third kappa shape index (κ3) is 2.60. The van der Waals surface area contributed by atoms with Crippen molar-refractivity contribution in [2.75, 3.05) is 0 Å². The molecule has 0 fully saturated rings. The van der Waals surface area contributed by atoms with Crippen molar-refractivity contribution >= 4 is 15.9 Å². The molecule has 5 heteroatoms. The number of rotatable bonds is 2. The first kappa shape index (κ1) is 11.6. The van der Waals surface area contributed by atoms with Gasteiger partial charge in [0.15, 0.2) is 0 Å². The Morgan fingerprint density at radius 3 is 3.00 bits per heavy atom. The van der Waals surface area contributed by atoms with Crippen molar-refractivity contribution in [3.63, 3.8) is 0 Å². The molecule has 0 N–H and O–H groups in total. The molecule has 17 heavy (non-hydrogen) atoms. The molecule has 0 aliphatic rings. The van der Waals surface area contributed by atoms with Crippen molar-refractivity contribution < 1.29 is 0 Å². The molecule has 0 saturated carbocycles. The lowest BCUT2D eigenvalue weighted by Gasteiger charge is -2.05. The molecule has 4 nitrogen and oxygen atoms in total. The zero-order valence-electron chi connectivity index (χ0n) is 8.80. The summed E-state index contributed by atoms with van der Waals surface area (Å²) in [5.41, 5.74) is 0.766. The summed E-state index contributed by atoms with van der Waals surface area (Å²) >= 11 is 3.32. The van der Waals surface area contributed by atoms with E-state index in [2.05, 4.69) is 20.9 Å². The molecule has 0 aliphatic heterocycles. The fourth-order valence-electron chi connectivity index (χ4n) is 1.49. The van der Waals surface area contributed by atoms with Gasteiger partial charge in [0.2, 0.25) is 0 Å². The van der Waals surface area contributed by atoms with Crippen molar-refractivity contribution in [3.05, 3.63) is 62.7 Å². The van der Waals surface area contributed by atoms with Crippen LogP contribution in [0.3, 0.4) is 0 Å². The average Bonchev–Trinajstić information content (AvgIpc) is 2.32. The van der Waals surface area contributed by atoms with Gasteiger partial charge in [0.1, 0.15) is 11.6 Å². The van der Waals surface area contributed by atoms with Gasteiger partial charge in [-0.25, -0.2) is 0 Å². The molecule has 0 bridgehead atoms. The van der Waals surface area contributed by atoms with Gasteiger partial charge in [-0.15, -0.1) is 0 Å². The number of nitriles is 1. The molecule has 0 amide bonds. The highest BCUT2D eigenvalue weighted by Crippen LogP contribution is 2.10. The molecule has 0 aromatic carbocycles. The Bertz CT molecular complexity index is 643. The van der Waals surface area contributed by atoms with Crippen LogP contribution in [0.2, 0.25) is 0 Å². The number of nitrogens with zero attached hydrogens (tertiary/aromatic N) is 3. The van der Waals surface area contributed by atoms with Crippen molar-refractivity contribution in [1.82, 2.24) is 9.55 Å². The topological polar surface area (TPSA) is 58.7 Å². The van der Waals surface area contributed by atoms with Crippen LogP contribution in [-0.2, 0) is 6.54 Å². The molecular formula is C12H8BrN3O. The molecular weight excluding hydrogens is 282 g/mol. The minimum atomic E-state index is -0.282. The number of halogens is 1. The highest BCUT2D eigenvalue weighted by molar-refractivity contribution is 9.10. The number of hydrogen-bond donors (Lipinski definition) is 0. The third-order valence-electron chi connectivity index (χ3n) is 2.26. The molecule has 0 atom stereocenters. The van der Waals surface area contributed by atoms with E-state index in [1.165, 1.54) is 10.6 Å². The highest BCUT2D eigenvalue weighted by atomic mass is 79.9. The van der Waals surface area contributed by atoms with E-state index in [0.717, 1.165) is 10.0 Å². The smallest absolute Gasteiger partial charge is 0.268 e. The Kier molecular flexibility index (Phi) is 3.35. The van der Waals surface area contributed by atoms with Gasteiger partial charge in [-0.3, -0.25) is 9.78 Å². The van der Waals surface area contributed by atoms with E-state index in [1.54, 1.807) is 24.7 Å². The lowest BCUT2D eigenvalue weighted by molar-refractivity contribution is 0.753. The molecule has 0 saturated heterocycles. The van der Waals surface area contributed by atoms with Crippen LogP contribution >= 0.6 is 15.9 Å². The van der Waals surface area contributed by atoms with Crippen LogP contribution in [0.5, 0.6) is 0 Å². The molecule has 2 aromatic heterocycles. The maximum absolute atomic E-state index is 11.8. The Morgan fingerprint density at radius 2 is 2.29 bits per heavy atom. The first-order chi connectivity index (χ1) is 8.20. The van der Waals surface area contributed by atoms with Gasteiger partial charge >= 0.3 is 0 Å². The Hall–Kier alpha value is -1.93. The van der Waals surface area contributed by atoms with Gasteiger partial charge in [-0.2, -0.15) is 5.26 Å². The average molecular weight is 290 g/mol. The predicted molar refractivity (Wildman–Crippen MR) is 66.5 cm³/mol. The monoisotopic (exact) mass is 289 g/mol. The van der Waals surface area contributed by atoms with Crippen LogP contribution in [0.4, 0.5) is 0 Å². The van der Waals surface area contributed by atoms with Crippen molar-refractivity contribution in [3.8, 4) is 6.07 Å². The van der Waals surface area contributed by atoms with Crippen LogP contribution in [0.1, 0.15) is 11.1 Å². The Labute approximate surface area is 106 Å². The zero-order chi connectivity index (χ0) is 12.3. The lowest BCUT2D eigenvalue weighted by atomic mass is 10.2. The normalized spacial score (nSPS) is 9.88. The van der Waals surface area contributed by atoms with Gasteiger partial charge in [0.25, 0.3) is 5.56 Å². The van der Waals surface area contributed by atoms with Crippen molar-refractivity contribution in [2.24, 2.45) is 0 Å². The second kappa shape index (κ2) is 4.93. The molecule has 2 aromatic rings. The maximum Gasteiger partial charge on any atom is 0.268 e. The largest absolute Gasteiger partial charge is 0.310 e. The molecule has 84 valence electrons. The molecule has 0 radical (unpaired) electrons. The van der Waals surface area contributed by atoms with Crippen LogP contribution in [0, 0.1) is 11.3 Å². The summed E-state index contributed by atoms with van der Waals surface area (Å²) in [7, 11) is 0. The summed E-state index contributed by atoms with van der Waals surface area (Å²) in [4.78, 5) is 15.8. The van der Waals surface area contributed by atoms with E-state index < -0.39 is 0 Å². The fourth-order valence-corrected chi connectivity index (χ4v) is 1.90. The standard InChI is InChI=1S/C12H8BrN3O/c13-11-4-9(6-15-7-11)8-16-3-1-2-10(5-14)12(16)17/h1-4,6-7H,8H2. The lowest BCUT2D eigenvalue weighted by Crippen LogP contribution is -2.22. The fraction of sp³-hybridized carbons (Fsp3) is 0.0833. The third-order valence-corrected chi connectivity index (χ3v) is 2.69. The second-order valence-electron chi connectivity index (χ2n) is 3.48. The van der Waals surface area contributed by atoms with Gasteiger partial charge in [-0.05, 0) is 39.7 Å². The van der Waals surface area contributed by atoms with Crippen molar-refractivity contribution in [2.45, 2.75) is 6.54 Å². The van der Waals surface area contributed by atoms with E-state index in [1.807, 2.05) is 12.1 Å². The molecule has 2 heterocycles. The molecule has 0 aliphatic carbocycles. The summed E-state index contributed by atoms with van der Waals surface area (Å²) in [6.07, 6.45) is 5.03. The first-order valence-corrected chi connectivity index (χ1v) is 5.69. The summed E-state index contributed by atoms with van der Waals surface area (Å²) in [5, 5.41) is 8.77. The Balaban J connectivity index is 2.38. The first-order valence-electron chi connectivity index (χ1n) is 4.89. The van der Waals surface area contributed by atoms with Crippen molar-refractivity contribution in [1.29, 1.82) is 5.26 Å². The molecule has 0 unspecified atom stereocenters. The van der Waals surface area contributed by atoms with Crippen LogP contribution in [-0.4, -0.2) is 9.55 Å². The Morgan fingerprint density at radius 1 is 1.47 bits per heavy atom.